The molecule has 2 atom stereocenters. The van der Waals surface area contributed by atoms with Gasteiger partial charge in [-0.25, -0.2) is 4.98 Å². The fraction of sp³-hybridized carbons (Fsp3) is 0.600. The molecule has 1 amide bonds. The minimum absolute atomic E-state index is 0.0178. The predicted molar refractivity (Wildman–Crippen MR) is 58.9 cm³/mol. The van der Waals surface area contributed by atoms with Gasteiger partial charge in [-0.1, -0.05) is 0 Å². The molecule has 1 aromatic rings. The first-order chi connectivity index (χ1) is 8.33. The first kappa shape index (κ1) is 12.8. The summed E-state index contributed by atoms with van der Waals surface area (Å²) in [4.78, 5) is 14.9. The Labute approximate surface area is 103 Å². The minimum atomic E-state index is -1.76. The number of hydrogen-bond acceptors (Lipinski definition) is 6. The quantitative estimate of drug-likeness (QED) is 0.601. The van der Waals surface area contributed by atoms with Gasteiger partial charge in [-0.3, -0.25) is 9.36 Å². The Morgan fingerprint density at radius 3 is 2.72 bits per heavy atom. The average molecular weight is 257 g/mol. The zero-order valence-corrected chi connectivity index (χ0v) is 10.1. The summed E-state index contributed by atoms with van der Waals surface area (Å²) in [5.74, 6) is -0.802. The molecule has 1 aliphatic rings. The molecule has 0 saturated carbocycles. The van der Waals surface area contributed by atoms with Crippen LogP contribution in [-0.2, 0) is 10.5 Å². The number of hydrogen-bond donors (Lipinski definition) is 3. The predicted octanol–water partition coefficient (Wildman–Crippen LogP) is -1.58. The molecule has 2 rings (SSSR count). The smallest absolute Gasteiger partial charge is 0.272 e. The Kier molecular flexibility index (Phi) is 2.80. The number of rotatable bonds is 3. The third-order valence-corrected chi connectivity index (χ3v) is 3.10. The van der Waals surface area contributed by atoms with Crippen LogP contribution in [0.1, 0.15) is 17.4 Å². The van der Waals surface area contributed by atoms with E-state index in [0.717, 1.165) is 4.57 Å². The lowest BCUT2D eigenvalue weighted by molar-refractivity contribution is -0.162. The SMILES string of the molecule is COc1c(C(N)=O)ncn1[C@]1(O)COC[C@@]1(C)O. The molecule has 0 unspecified atom stereocenters. The topological polar surface area (TPSA) is 120 Å². The third kappa shape index (κ3) is 1.57. The second-order valence-corrected chi connectivity index (χ2v) is 4.42. The zero-order chi connectivity index (χ0) is 13.6. The van der Waals surface area contributed by atoms with Crippen molar-refractivity contribution in [2.75, 3.05) is 20.3 Å². The number of aliphatic hydroxyl groups is 2. The Morgan fingerprint density at radius 1 is 1.61 bits per heavy atom. The van der Waals surface area contributed by atoms with Crippen LogP contribution >= 0.6 is 0 Å². The molecule has 8 heteroatoms. The Morgan fingerprint density at radius 2 is 2.28 bits per heavy atom. The van der Waals surface area contributed by atoms with Gasteiger partial charge in [0.15, 0.2) is 5.69 Å². The van der Waals surface area contributed by atoms with E-state index < -0.39 is 17.2 Å². The van der Waals surface area contributed by atoms with Gasteiger partial charge in [-0.05, 0) is 6.92 Å². The molecule has 0 bridgehead atoms. The highest BCUT2D eigenvalue weighted by Gasteiger charge is 2.54. The van der Waals surface area contributed by atoms with E-state index in [9.17, 15) is 15.0 Å². The summed E-state index contributed by atoms with van der Waals surface area (Å²) >= 11 is 0. The van der Waals surface area contributed by atoms with Crippen molar-refractivity contribution >= 4 is 5.91 Å². The van der Waals surface area contributed by atoms with Crippen molar-refractivity contribution in [3.8, 4) is 5.88 Å². The van der Waals surface area contributed by atoms with Gasteiger partial charge in [-0.2, -0.15) is 0 Å². The molecule has 100 valence electrons. The van der Waals surface area contributed by atoms with E-state index >= 15 is 0 Å². The van der Waals surface area contributed by atoms with Crippen LogP contribution in [0.25, 0.3) is 0 Å². The molecule has 0 aliphatic carbocycles. The molecule has 0 radical (unpaired) electrons. The molecule has 2 heterocycles. The van der Waals surface area contributed by atoms with Gasteiger partial charge in [0.2, 0.25) is 11.6 Å². The third-order valence-electron chi connectivity index (χ3n) is 3.10. The summed E-state index contributed by atoms with van der Waals surface area (Å²) in [5.41, 5.74) is 1.73. The number of methoxy groups -OCH3 is 1. The molecule has 4 N–H and O–H groups in total. The minimum Gasteiger partial charge on any atom is -0.480 e. The van der Waals surface area contributed by atoms with Gasteiger partial charge < -0.3 is 25.4 Å². The Balaban J connectivity index is 2.55. The second-order valence-electron chi connectivity index (χ2n) is 4.42. The maximum absolute atomic E-state index is 11.2. The van der Waals surface area contributed by atoms with Gasteiger partial charge in [0.05, 0.1) is 20.3 Å². The first-order valence-electron chi connectivity index (χ1n) is 5.27. The lowest BCUT2D eigenvalue weighted by atomic mass is 9.96. The zero-order valence-electron chi connectivity index (χ0n) is 10.1. The molecular weight excluding hydrogens is 242 g/mol. The normalized spacial score (nSPS) is 31.6. The van der Waals surface area contributed by atoms with Gasteiger partial charge in [0.25, 0.3) is 5.91 Å². The fourth-order valence-corrected chi connectivity index (χ4v) is 1.96. The van der Waals surface area contributed by atoms with Crippen molar-refractivity contribution < 1.29 is 24.5 Å². The van der Waals surface area contributed by atoms with Gasteiger partial charge in [0.1, 0.15) is 11.9 Å². The lowest BCUT2D eigenvalue weighted by Gasteiger charge is -2.34. The highest BCUT2D eigenvalue weighted by molar-refractivity contribution is 5.93. The molecule has 18 heavy (non-hydrogen) atoms. The molecular formula is C10H15N3O5. The maximum Gasteiger partial charge on any atom is 0.272 e. The molecule has 1 saturated heterocycles. The summed E-state index contributed by atoms with van der Waals surface area (Å²) in [6.07, 6.45) is 1.18. The highest BCUT2D eigenvalue weighted by Crippen LogP contribution is 2.37. The van der Waals surface area contributed by atoms with Crippen molar-refractivity contribution in [3.63, 3.8) is 0 Å². The number of aromatic nitrogens is 2. The van der Waals surface area contributed by atoms with Crippen LogP contribution in [0.4, 0.5) is 0 Å². The monoisotopic (exact) mass is 257 g/mol. The van der Waals surface area contributed by atoms with Crippen LogP contribution in [0.3, 0.4) is 0 Å². The second kappa shape index (κ2) is 3.94. The first-order valence-corrected chi connectivity index (χ1v) is 5.27. The van der Waals surface area contributed by atoms with Crippen molar-refractivity contribution in [2.24, 2.45) is 5.73 Å². The van der Waals surface area contributed by atoms with Crippen LogP contribution in [0.15, 0.2) is 6.33 Å². The van der Waals surface area contributed by atoms with Crippen molar-refractivity contribution in [2.45, 2.75) is 18.2 Å². The Hall–Kier alpha value is -1.64. The van der Waals surface area contributed by atoms with E-state index in [-0.39, 0.29) is 24.8 Å². The molecule has 0 spiro atoms. The molecule has 1 aliphatic heterocycles. The molecule has 8 nitrogen and oxygen atoms in total. The Bertz CT molecular complexity index is 484. The summed E-state index contributed by atoms with van der Waals surface area (Å²) < 4.78 is 11.3. The number of imidazole rings is 1. The van der Waals surface area contributed by atoms with E-state index in [4.69, 9.17) is 15.2 Å². The summed E-state index contributed by atoms with van der Waals surface area (Å²) in [7, 11) is 1.31. The van der Waals surface area contributed by atoms with Gasteiger partial charge >= 0.3 is 0 Å². The number of ether oxygens (including phenoxy) is 2. The number of carbonyl (C=O) groups is 1. The number of nitrogens with zero attached hydrogens (tertiary/aromatic N) is 2. The number of amides is 1. The fourth-order valence-electron chi connectivity index (χ4n) is 1.96. The summed E-state index contributed by atoms with van der Waals surface area (Å²) in [5, 5.41) is 20.7. The molecule has 0 aromatic carbocycles. The van der Waals surface area contributed by atoms with Crippen molar-refractivity contribution in [3.05, 3.63) is 12.0 Å². The van der Waals surface area contributed by atoms with Crippen LogP contribution in [0.2, 0.25) is 0 Å². The molecule has 1 fully saturated rings. The van der Waals surface area contributed by atoms with Crippen LogP contribution in [0.5, 0.6) is 5.88 Å². The van der Waals surface area contributed by atoms with E-state index in [0.29, 0.717) is 0 Å². The van der Waals surface area contributed by atoms with Crippen molar-refractivity contribution in [1.29, 1.82) is 0 Å². The van der Waals surface area contributed by atoms with E-state index in [2.05, 4.69) is 4.98 Å². The van der Waals surface area contributed by atoms with Gasteiger partial charge in [0, 0.05) is 0 Å². The van der Waals surface area contributed by atoms with Gasteiger partial charge in [-0.15, -0.1) is 0 Å². The van der Waals surface area contributed by atoms with Crippen LogP contribution < -0.4 is 10.5 Å². The summed E-state index contributed by atoms with van der Waals surface area (Å²) in [6, 6.07) is 0. The number of nitrogens with two attached hydrogens (primary N) is 1. The maximum atomic E-state index is 11.2. The highest BCUT2D eigenvalue weighted by atomic mass is 16.5. The lowest BCUT2D eigenvalue weighted by Crippen LogP contribution is -2.52. The van der Waals surface area contributed by atoms with Crippen LogP contribution in [-0.4, -0.2) is 51.6 Å². The van der Waals surface area contributed by atoms with E-state index in [1.165, 1.54) is 20.4 Å². The van der Waals surface area contributed by atoms with E-state index in [1.807, 2.05) is 0 Å². The molecule has 1 aromatic heterocycles. The largest absolute Gasteiger partial charge is 0.480 e. The van der Waals surface area contributed by atoms with E-state index in [1.54, 1.807) is 0 Å². The standard InChI is InChI=1S/C10H15N3O5/c1-9(15)3-18-4-10(9,16)13-5-12-6(7(11)14)8(13)17-2/h5,15-16H,3-4H2,1-2H3,(H2,11,14)/t9-,10+/m1/s1. The number of carbonyl (C=O) groups excluding carboxylic acids is 1. The number of primary amides is 1. The summed E-state index contributed by atoms with van der Waals surface area (Å²) in [6.45, 7) is 1.23. The van der Waals surface area contributed by atoms with Crippen LogP contribution in [0, 0.1) is 0 Å². The average Bonchev–Trinajstić information content (AvgIpc) is 2.81. The van der Waals surface area contributed by atoms with Crippen molar-refractivity contribution in [1.82, 2.24) is 9.55 Å².